The smallest absolute Gasteiger partial charge is 0.226 e. The summed E-state index contributed by atoms with van der Waals surface area (Å²) in [4.78, 5) is 17.2. The summed E-state index contributed by atoms with van der Waals surface area (Å²) in [6.45, 7) is 8.93. The minimum atomic E-state index is -0.0412. The Kier molecular flexibility index (Phi) is 7.04. The molecule has 152 valence electrons. The van der Waals surface area contributed by atoms with Crippen molar-refractivity contribution < 1.29 is 9.53 Å². The molecule has 0 fully saturated rings. The van der Waals surface area contributed by atoms with Gasteiger partial charge in [-0.15, -0.1) is 11.3 Å². The molecule has 3 rings (SSSR count). The predicted molar refractivity (Wildman–Crippen MR) is 120 cm³/mol. The van der Waals surface area contributed by atoms with Gasteiger partial charge in [0.2, 0.25) is 5.91 Å². The van der Waals surface area contributed by atoms with Gasteiger partial charge in [-0.3, -0.25) is 4.79 Å². The summed E-state index contributed by atoms with van der Waals surface area (Å²) in [5.74, 6) is 1.29. The molecule has 1 heterocycles. The summed E-state index contributed by atoms with van der Waals surface area (Å²) in [5.41, 5.74) is 4.14. The Balaban J connectivity index is 1.63. The molecule has 1 N–H and O–H groups in total. The van der Waals surface area contributed by atoms with Crippen molar-refractivity contribution in [2.45, 2.75) is 46.1 Å². The third kappa shape index (κ3) is 5.45. The van der Waals surface area contributed by atoms with Gasteiger partial charge < -0.3 is 10.1 Å². The first-order valence-corrected chi connectivity index (χ1v) is 10.9. The van der Waals surface area contributed by atoms with Crippen LogP contribution in [0.25, 0.3) is 10.6 Å². The van der Waals surface area contributed by atoms with Gasteiger partial charge in [-0.1, -0.05) is 50.2 Å². The SMILES string of the molecule is CCOc1ccccc1-c1nc(CC(=O)NC(C)c2ccc(C(C)C)cc2)cs1. The normalized spacial score (nSPS) is 12.0. The van der Waals surface area contributed by atoms with Crippen LogP contribution < -0.4 is 10.1 Å². The van der Waals surface area contributed by atoms with Crippen LogP contribution in [-0.4, -0.2) is 17.5 Å². The van der Waals surface area contributed by atoms with Crippen molar-refractivity contribution in [3.8, 4) is 16.3 Å². The maximum Gasteiger partial charge on any atom is 0.226 e. The van der Waals surface area contributed by atoms with Crippen molar-refractivity contribution in [3.63, 3.8) is 0 Å². The zero-order valence-electron chi connectivity index (χ0n) is 17.4. The molecule has 2 aromatic carbocycles. The maximum atomic E-state index is 12.5. The molecular weight excluding hydrogens is 380 g/mol. The molecule has 0 aliphatic rings. The standard InChI is InChI=1S/C24H28N2O2S/c1-5-28-22-9-7-6-8-21(22)24-26-20(15-29-24)14-23(27)25-17(4)19-12-10-18(11-13-19)16(2)3/h6-13,15-17H,5,14H2,1-4H3,(H,25,27). The van der Waals surface area contributed by atoms with Crippen LogP contribution in [0.2, 0.25) is 0 Å². The van der Waals surface area contributed by atoms with E-state index in [1.165, 1.54) is 16.9 Å². The molecule has 1 unspecified atom stereocenters. The topological polar surface area (TPSA) is 51.2 Å². The average molecular weight is 409 g/mol. The van der Waals surface area contributed by atoms with E-state index in [9.17, 15) is 4.79 Å². The maximum absolute atomic E-state index is 12.5. The molecule has 1 amide bonds. The van der Waals surface area contributed by atoms with E-state index in [2.05, 4.69) is 48.4 Å². The fourth-order valence-electron chi connectivity index (χ4n) is 3.15. The third-order valence-electron chi connectivity index (χ3n) is 4.79. The number of carbonyl (C=O) groups is 1. The molecule has 0 radical (unpaired) electrons. The minimum Gasteiger partial charge on any atom is -0.493 e. The third-order valence-corrected chi connectivity index (χ3v) is 5.72. The highest BCUT2D eigenvalue weighted by molar-refractivity contribution is 7.13. The van der Waals surface area contributed by atoms with E-state index in [1.807, 2.05) is 43.5 Å². The highest BCUT2D eigenvalue weighted by Crippen LogP contribution is 2.32. The van der Waals surface area contributed by atoms with Gasteiger partial charge in [0.1, 0.15) is 10.8 Å². The molecule has 0 bridgehead atoms. The van der Waals surface area contributed by atoms with Crippen LogP contribution in [0.15, 0.2) is 53.9 Å². The van der Waals surface area contributed by atoms with E-state index in [-0.39, 0.29) is 18.4 Å². The number of nitrogens with one attached hydrogen (secondary N) is 1. The van der Waals surface area contributed by atoms with E-state index in [0.717, 1.165) is 27.6 Å². The largest absolute Gasteiger partial charge is 0.493 e. The van der Waals surface area contributed by atoms with Crippen molar-refractivity contribution in [1.29, 1.82) is 0 Å². The summed E-state index contributed by atoms with van der Waals surface area (Å²) < 4.78 is 5.69. The monoisotopic (exact) mass is 408 g/mol. The lowest BCUT2D eigenvalue weighted by molar-refractivity contribution is -0.121. The summed E-state index contributed by atoms with van der Waals surface area (Å²) in [6, 6.07) is 16.3. The van der Waals surface area contributed by atoms with Crippen molar-refractivity contribution in [2.24, 2.45) is 0 Å². The van der Waals surface area contributed by atoms with Gasteiger partial charge >= 0.3 is 0 Å². The van der Waals surface area contributed by atoms with Crippen molar-refractivity contribution in [3.05, 3.63) is 70.7 Å². The Morgan fingerprint density at radius 3 is 2.45 bits per heavy atom. The molecule has 0 saturated heterocycles. The lowest BCUT2D eigenvalue weighted by Crippen LogP contribution is -2.28. The number of amides is 1. The molecule has 0 saturated carbocycles. The Morgan fingerprint density at radius 1 is 1.07 bits per heavy atom. The van der Waals surface area contributed by atoms with E-state index >= 15 is 0 Å². The van der Waals surface area contributed by atoms with Crippen LogP contribution in [-0.2, 0) is 11.2 Å². The van der Waals surface area contributed by atoms with Crippen LogP contribution in [0, 0.1) is 0 Å². The zero-order chi connectivity index (χ0) is 20.8. The van der Waals surface area contributed by atoms with Gasteiger partial charge in [0.15, 0.2) is 0 Å². The zero-order valence-corrected chi connectivity index (χ0v) is 18.3. The number of benzene rings is 2. The highest BCUT2D eigenvalue weighted by atomic mass is 32.1. The second-order valence-electron chi connectivity index (χ2n) is 7.36. The van der Waals surface area contributed by atoms with Gasteiger partial charge in [-0.25, -0.2) is 4.98 Å². The summed E-state index contributed by atoms with van der Waals surface area (Å²) in [7, 11) is 0. The quantitative estimate of drug-likeness (QED) is 0.516. The average Bonchev–Trinajstić information content (AvgIpc) is 3.16. The number of rotatable bonds is 8. The molecule has 0 spiro atoms. The van der Waals surface area contributed by atoms with Crippen molar-refractivity contribution in [1.82, 2.24) is 10.3 Å². The second kappa shape index (κ2) is 9.70. The van der Waals surface area contributed by atoms with Gasteiger partial charge in [0.25, 0.3) is 0 Å². The number of ether oxygens (including phenoxy) is 1. The van der Waals surface area contributed by atoms with Gasteiger partial charge in [-0.2, -0.15) is 0 Å². The van der Waals surface area contributed by atoms with Crippen LogP contribution in [0.1, 0.15) is 56.5 Å². The number of hydrogen-bond donors (Lipinski definition) is 1. The number of para-hydroxylation sites is 1. The van der Waals surface area contributed by atoms with E-state index < -0.39 is 0 Å². The predicted octanol–water partition coefficient (Wildman–Crippen LogP) is 5.75. The fourth-order valence-corrected chi connectivity index (χ4v) is 4.00. The molecule has 0 aliphatic heterocycles. The number of hydrogen-bond acceptors (Lipinski definition) is 4. The Bertz CT molecular complexity index is 948. The first-order valence-electron chi connectivity index (χ1n) is 10.0. The van der Waals surface area contributed by atoms with Crippen LogP contribution in [0.5, 0.6) is 5.75 Å². The molecule has 3 aromatic rings. The van der Waals surface area contributed by atoms with Crippen molar-refractivity contribution >= 4 is 17.2 Å². The summed E-state index contributed by atoms with van der Waals surface area (Å²) in [6.07, 6.45) is 0.266. The van der Waals surface area contributed by atoms with E-state index in [4.69, 9.17) is 4.74 Å². The lowest BCUT2D eigenvalue weighted by atomic mass is 9.99. The number of carbonyl (C=O) groups excluding carboxylic acids is 1. The van der Waals surface area contributed by atoms with E-state index in [0.29, 0.717) is 12.5 Å². The molecule has 1 aromatic heterocycles. The second-order valence-corrected chi connectivity index (χ2v) is 8.22. The summed E-state index contributed by atoms with van der Waals surface area (Å²) in [5, 5.41) is 5.89. The molecule has 5 heteroatoms. The molecule has 29 heavy (non-hydrogen) atoms. The van der Waals surface area contributed by atoms with Crippen molar-refractivity contribution in [2.75, 3.05) is 6.61 Å². The number of thiazole rings is 1. The first kappa shape index (κ1) is 21.1. The Morgan fingerprint density at radius 2 is 1.76 bits per heavy atom. The summed E-state index contributed by atoms with van der Waals surface area (Å²) >= 11 is 1.53. The van der Waals surface area contributed by atoms with Crippen LogP contribution >= 0.6 is 11.3 Å². The van der Waals surface area contributed by atoms with Gasteiger partial charge in [0.05, 0.1) is 30.3 Å². The molecule has 4 nitrogen and oxygen atoms in total. The van der Waals surface area contributed by atoms with Gasteiger partial charge in [0, 0.05) is 5.38 Å². The molecular formula is C24H28N2O2S. The number of aromatic nitrogens is 1. The highest BCUT2D eigenvalue weighted by Gasteiger charge is 2.14. The lowest BCUT2D eigenvalue weighted by Gasteiger charge is -2.15. The number of nitrogens with zero attached hydrogens (tertiary/aromatic N) is 1. The van der Waals surface area contributed by atoms with E-state index in [1.54, 1.807) is 0 Å². The minimum absolute atomic E-state index is 0.0274. The Labute approximate surface area is 177 Å². The van der Waals surface area contributed by atoms with Crippen LogP contribution in [0.4, 0.5) is 0 Å². The fraction of sp³-hybridized carbons (Fsp3) is 0.333. The van der Waals surface area contributed by atoms with Gasteiger partial charge in [-0.05, 0) is 43.0 Å². The van der Waals surface area contributed by atoms with Crippen LogP contribution in [0.3, 0.4) is 0 Å². The molecule has 0 aliphatic carbocycles. The molecule has 1 atom stereocenters. The Hall–Kier alpha value is -2.66. The first-order chi connectivity index (χ1) is 14.0.